The fourth-order valence-corrected chi connectivity index (χ4v) is 10.4. The first kappa shape index (κ1) is 43.7. The van der Waals surface area contributed by atoms with E-state index in [1.54, 1.807) is 73.6 Å². The fourth-order valence-electron chi connectivity index (χ4n) is 10.4. The minimum Gasteiger partial charge on any atom is -0.458 e. The standard InChI is InChI=1S/C52H58N4O7/c1-5-6-9-41-33-56-50(61-41)52(23-24-52)46(63-49(59)39-20-29-55-30-21-39)15-10-34(2)43-13-14-44-36(8-7-22-51(43,44)4)11-12-40-31-42(60-47(57)37-16-25-53-26-17-37)32-45(35(40)3)62-48(58)38-18-27-54-28-19-38/h10-12,15-21,25-30,33-34,42-46H,3,5-9,13-14,22-24,31-32H2,1-2,4H3/t34-,42-,43-,44+,45+,46+,51-/m1/s1. The zero-order chi connectivity index (χ0) is 44.0. The predicted molar refractivity (Wildman–Crippen MR) is 237 cm³/mol. The molecular formula is C52H58N4O7. The molecule has 4 aromatic heterocycles. The van der Waals surface area contributed by atoms with Crippen LogP contribution in [0.15, 0.2) is 132 Å². The van der Waals surface area contributed by atoms with Crippen LogP contribution in [0.4, 0.5) is 0 Å². The number of unbranched alkanes of at least 4 members (excludes halogenated alkanes) is 1. The Bertz CT molecular complexity index is 2350. The van der Waals surface area contributed by atoms with Crippen LogP contribution < -0.4 is 0 Å². The van der Waals surface area contributed by atoms with Crippen molar-refractivity contribution in [3.63, 3.8) is 0 Å². The molecule has 11 heteroatoms. The van der Waals surface area contributed by atoms with Crippen molar-refractivity contribution in [2.45, 2.75) is 122 Å². The first-order chi connectivity index (χ1) is 30.6. The van der Waals surface area contributed by atoms with Crippen molar-refractivity contribution >= 4 is 17.9 Å². The third-order valence-electron chi connectivity index (χ3n) is 14.1. The second kappa shape index (κ2) is 19.2. The molecule has 7 atom stereocenters. The van der Waals surface area contributed by atoms with Crippen LogP contribution in [0.2, 0.25) is 0 Å². The molecule has 4 saturated carbocycles. The number of pyridine rings is 3. The van der Waals surface area contributed by atoms with Gasteiger partial charge >= 0.3 is 17.9 Å². The second-order valence-corrected chi connectivity index (χ2v) is 18.1. The quantitative estimate of drug-likeness (QED) is 0.0640. The Morgan fingerprint density at radius 2 is 1.49 bits per heavy atom. The summed E-state index contributed by atoms with van der Waals surface area (Å²) in [5.74, 6) is 1.25. The van der Waals surface area contributed by atoms with Gasteiger partial charge in [-0.05, 0) is 128 Å². The summed E-state index contributed by atoms with van der Waals surface area (Å²) in [6, 6.07) is 9.85. The lowest BCUT2D eigenvalue weighted by atomic mass is 9.61. The van der Waals surface area contributed by atoms with E-state index >= 15 is 0 Å². The van der Waals surface area contributed by atoms with E-state index in [2.05, 4.69) is 66.6 Å². The zero-order valence-electron chi connectivity index (χ0n) is 36.6. The summed E-state index contributed by atoms with van der Waals surface area (Å²) in [6.07, 6.45) is 29.0. The van der Waals surface area contributed by atoms with Crippen LogP contribution in [0.5, 0.6) is 0 Å². The van der Waals surface area contributed by atoms with Crippen LogP contribution >= 0.6 is 0 Å². The molecule has 0 unspecified atom stereocenters. The van der Waals surface area contributed by atoms with Crippen LogP contribution in [0, 0.1) is 23.2 Å². The number of hydrogen-bond acceptors (Lipinski definition) is 11. The number of nitrogens with zero attached hydrogens (tertiary/aromatic N) is 4. The number of aryl methyl sites for hydroxylation is 1. The molecule has 0 radical (unpaired) electrons. The van der Waals surface area contributed by atoms with E-state index in [0.717, 1.165) is 75.5 Å². The van der Waals surface area contributed by atoms with E-state index in [4.69, 9.17) is 23.6 Å². The van der Waals surface area contributed by atoms with Crippen LogP contribution in [-0.4, -0.2) is 56.2 Å². The summed E-state index contributed by atoms with van der Waals surface area (Å²) < 4.78 is 24.7. The minimum absolute atomic E-state index is 0.0678. The summed E-state index contributed by atoms with van der Waals surface area (Å²) >= 11 is 0. The van der Waals surface area contributed by atoms with Gasteiger partial charge in [-0.1, -0.05) is 57.6 Å². The van der Waals surface area contributed by atoms with Gasteiger partial charge < -0.3 is 18.6 Å². The van der Waals surface area contributed by atoms with Gasteiger partial charge in [0.2, 0.25) is 5.89 Å². The summed E-state index contributed by atoms with van der Waals surface area (Å²) in [4.78, 5) is 56.8. The van der Waals surface area contributed by atoms with Gasteiger partial charge in [0.25, 0.3) is 0 Å². The van der Waals surface area contributed by atoms with Gasteiger partial charge in [0, 0.05) is 56.4 Å². The smallest absolute Gasteiger partial charge is 0.338 e. The van der Waals surface area contributed by atoms with Gasteiger partial charge in [-0.2, -0.15) is 0 Å². The zero-order valence-corrected chi connectivity index (χ0v) is 36.6. The van der Waals surface area contributed by atoms with Crippen LogP contribution in [0.1, 0.15) is 134 Å². The van der Waals surface area contributed by atoms with Gasteiger partial charge in [0.05, 0.1) is 28.3 Å². The number of fused-ring (bicyclic) bond motifs is 1. The molecule has 0 bridgehead atoms. The van der Waals surface area contributed by atoms with Gasteiger partial charge in [-0.3, -0.25) is 15.0 Å². The summed E-state index contributed by atoms with van der Waals surface area (Å²) in [7, 11) is 0. The van der Waals surface area contributed by atoms with E-state index in [1.807, 2.05) is 6.20 Å². The van der Waals surface area contributed by atoms with E-state index in [9.17, 15) is 14.4 Å². The molecule has 0 spiro atoms. The number of allylic oxidation sites excluding steroid dienone is 4. The Hall–Kier alpha value is -5.97. The molecule has 11 nitrogen and oxygen atoms in total. The molecule has 4 aliphatic rings. The number of hydrogen-bond donors (Lipinski definition) is 0. The second-order valence-electron chi connectivity index (χ2n) is 18.1. The number of carbonyl (C=O) groups excluding carboxylic acids is 3. The molecule has 63 heavy (non-hydrogen) atoms. The molecule has 0 saturated heterocycles. The molecule has 328 valence electrons. The van der Waals surface area contributed by atoms with E-state index in [0.29, 0.717) is 52.8 Å². The molecular weight excluding hydrogens is 793 g/mol. The number of carbonyl (C=O) groups is 3. The largest absolute Gasteiger partial charge is 0.458 e. The third kappa shape index (κ3) is 9.67. The maximum atomic E-state index is 13.5. The number of ether oxygens (including phenoxy) is 3. The lowest BCUT2D eigenvalue weighted by Gasteiger charge is -2.44. The molecule has 0 aromatic carbocycles. The summed E-state index contributed by atoms with van der Waals surface area (Å²) in [5, 5.41) is 0. The van der Waals surface area contributed by atoms with Crippen LogP contribution in [0.3, 0.4) is 0 Å². The van der Waals surface area contributed by atoms with Gasteiger partial charge in [-0.25, -0.2) is 19.4 Å². The van der Waals surface area contributed by atoms with E-state index in [1.165, 1.54) is 5.57 Å². The van der Waals surface area contributed by atoms with Crippen molar-refractivity contribution in [1.29, 1.82) is 0 Å². The van der Waals surface area contributed by atoms with E-state index < -0.39 is 35.7 Å². The molecule has 0 amide bonds. The fraction of sp³-hybridized carbons (Fsp3) is 0.442. The Morgan fingerprint density at radius 3 is 2.13 bits per heavy atom. The van der Waals surface area contributed by atoms with Crippen molar-refractivity contribution < 1.29 is 33.0 Å². The van der Waals surface area contributed by atoms with Gasteiger partial charge in [0.15, 0.2) is 0 Å². The Morgan fingerprint density at radius 1 is 0.857 bits per heavy atom. The minimum atomic E-state index is -0.673. The SMILES string of the molecule is C=C1C(=CC=C2CCC[C@]3(C)[C@@H]([C@H](C)C=C[C@H](OC(=O)c4ccncc4)C4(c5ncc(CCCC)o5)CC4)CC[C@@H]23)C[C@@H](OC(=O)c2ccncc2)C[C@@H]1OC(=O)c1ccncc1. The number of aromatic nitrogens is 4. The van der Waals surface area contributed by atoms with Gasteiger partial charge in [0.1, 0.15) is 24.1 Å². The average molecular weight is 851 g/mol. The number of rotatable bonds is 15. The molecule has 4 aromatic rings. The molecule has 0 aliphatic heterocycles. The first-order valence-corrected chi connectivity index (χ1v) is 22.6. The Labute approximate surface area is 370 Å². The molecule has 8 rings (SSSR count). The topological polar surface area (TPSA) is 144 Å². The molecule has 4 aliphatic carbocycles. The van der Waals surface area contributed by atoms with Crippen molar-refractivity contribution in [3.8, 4) is 0 Å². The van der Waals surface area contributed by atoms with Crippen LogP contribution in [0.25, 0.3) is 0 Å². The van der Waals surface area contributed by atoms with Crippen molar-refractivity contribution in [1.82, 2.24) is 19.9 Å². The molecule has 4 heterocycles. The molecule has 0 N–H and O–H groups in total. The lowest BCUT2D eigenvalue weighted by Crippen LogP contribution is -2.36. The lowest BCUT2D eigenvalue weighted by molar-refractivity contribution is 0.00210. The van der Waals surface area contributed by atoms with Crippen molar-refractivity contribution in [3.05, 3.63) is 156 Å². The maximum absolute atomic E-state index is 13.5. The van der Waals surface area contributed by atoms with Crippen molar-refractivity contribution in [2.24, 2.45) is 23.2 Å². The number of esters is 3. The Kier molecular flexibility index (Phi) is 13.3. The highest BCUT2D eigenvalue weighted by molar-refractivity contribution is 5.90. The highest BCUT2D eigenvalue weighted by atomic mass is 16.6. The van der Waals surface area contributed by atoms with E-state index in [-0.39, 0.29) is 17.3 Å². The predicted octanol–water partition coefficient (Wildman–Crippen LogP) is 10.5. The van der Waals surface area contributed by atoms with Crippen molar-refractivity contribution in [2.75, 3.05) is 0 Å². The summed E-state index contributed by atoms with van der Waals surface area (Å²) in [5.41, 5.74) is 3.86. The molecule has 4 fully saturated rings. The third-order valence-corrected chi connectivity index (χ3v) is 14.1. The Balaban J connectivity index is 1.01. The monoisotopic (exact) mass is 850 g/mol. The summed E-state index contributed by atoms with van der Waals surface area (Å²) in [6.45, 7) is 11.3. The highest BCUT2D eigenvalue weighted by Gasteiger charge is 2.56. The van der Waals surface area contributed by atoms with Crippen LogP contribution in [-0.2, 0) is 26.0 Å². The van der Waals surface area contributed by atoms with Gasteiger partial charge in [-0.15, -0.1) is 0 Å². The highest BCUT2D eigenvalue weighted by Crippen LogP contribution is 2.60. The average Bonchev–Trinajstić information content (AvgIpc) is 3.82. The number of oxazole rings is 1. The maximum Gasteiger partial charge on any atom is 0.338 e. The first-order valence-electron chi connectivity index (χ1n) is 22.6. The normalized spacial score (nSPS) is 26.2.